The van der Waals surface area contributed by atoms with Gasteiger partial charge in [-0.2, -0.15) is 0 Å². The van der Waals surface area contributed by atoms with E-state index in [0.29, 0.717) is 5.76 Å². The van der Waals surface area contributed by atoms with Crippen molar-refractivity contribution in [1.82, 2.24) is 0 Å². The van der Waals surface area contributed by atoms with E-state index in [4.69, 9.17) is 15.3 Å². The van der Waals surface area contributed by atoms with Gasteiger partial charge in [-0.15, -0.1) is 0 Å². The van der Waals surface area contributed by atoms with Crippen LogP contribution in [0.2, 0.25) is 0 Å². The van der Waals surface area contributed by atoms with Crippen LogP contribution in [0.5, 0.6) is 0 Å². The van der Waals surface area contributed by atoms with E-state index in [-0.39, 0.29) is 6.42 Å². The predicted octanol–water partition coefficient (Wildman–Crippen LogP) is 1.48. The van der Waals surface area contributed by atoms with Crippen molar-refractivity contribution in [3.8, 4) is 0 Å². The van der Waals surface area contributed by atoms with E-state index in [2.05, 4.69) is 0 Å². The van der Waals surface area contributed by atoms with Gasteiger partial charge in [-0.05, 0) is 25.1 Å². The van der Waals surface area contributed by atoms with Crippen LogP contribution in [0, 0.1) is 0 Å². The molecule has 1 heterocycles. The Labute approximate surface area is 82.0 Å². The lowest BCUT2D eigenvalue weighted by molar-refractivity contribution is -0.137. The minimum absolute atomic E-state index is 0.0664. The van der Waals surface area contributed by atoms with Crippen molar-refractivity contribution >= 4 is 12.0 Å². The molecule has 1 aromatic heterocycles. The average Bonchev–Trinajstić information content (AvgIpc) is 2.55. The van der Waals surface area contributed by atoms with Crippen LogP contribution in [0.3, 0.4) is 0 Å². The third-order valence-corrected chi connectivity index (χ3v) is 1.89. The molecule has 0 aliphatic heterocycles. The maximum Gasteiger partial charge on any atom is 0.305 e. The van der Waals surface area contributed by atoms with Crippen LogP contribution in [-0.4, -0.2) is 17.1 Å². The van der Waals surface area contributed by atoms with Gasteiger partial charge in [-0.1, -0.05) is 5.57 Å². The summed E-state index contributed by atoms with van der Waals surface area (Å²) < 4.78 is 5.08. The highest BCUT2D eigenvalue weighted by Gasteiger charge is 2.09. The maximum atomic E-state index is 10.4. The van der Waals surface area contributed by atoms with E-state index in [9.17, 15) is 4.79 Å². The zero-order valence-electron chi connectivity index (χ0n) is 7.93. The van der Waals surface area contributed by atoms with Crippen molar-refractivity contribution in [2.24, 2.45) is 5.73 Å². The first-order valence-electron chi connectivity index (χ1n) is 4.28. The van der Waals surface area contributed by atoms with E-state index in [1.807, 2.05) is 0 Å². The van der Waals surface area contributed by atoms with Gasteiger partial charge in [0.25, 0.3) is 0 Å². The Hall–Kier alpha value is -1.55. The second-order valence-electron chi connectivity index (χ2n) is 3.11. The van der Waals surface area contributed by atoms with E-state index in [1.165, 1.54) is 0 Å². The minimum atomic E-state index is -0.898. The fraction of sp³-hybridized carbons (Fsp3) is 0.300. The van der Waals surface area contributed by atoms with Crippen LogP contribution in [0.4, 0.5) is 0 Å². The lowest BCUT2D eigenvalue weighted by Gasteiger charge is -2.08. The monoisotopic (exact) mass is 195 g/mol. The van der Waals surface area contributed by atoms with Gasteiger partial charge in [0, 0.05) is 6.04 Å². The SMILES string of the molecule is C/C(=C\c1ccco1)C(N)CC(=O)O. The Morgan fingerprint density at radius 2 is 2.50 bits per heavy atom. The largest absolute Gasteiger partial charge is 0.481 e. The molecule has 0 saturated heterocycles. The molecule has 0 saturated carbocycles. The molecule has 0 amide bonds. The Balaban J connectivity index is 2.64. The Bertz CT molecular complexity index is 327. The molecular formula is C10H13NO3. The van der Waals surface area contributed by atoms with E-state index >= 15 is 0 Å². The van der Waals surface area contributed by atoms with Crippen molar-refractivity contribution in [3.05, 3.63) is 29.7 Å². The molecule has 4 nitrogen and oxygen atoms in total. The Morgan fingerprint density at radius 3 is 3.00 bits per heavy atom. The molecule has 3 N–H and O–H groups in total. The smallest absolute Gasteiger partial charge is 0.305 e. The van der Waals surface area contributed by atoms with Crippen molar-refractivity contribution < 1.29 is 14.3 Å². The van der Waals surface area contributed by atoms with Gasteiger partial charge in [0.15, 0.2) is 0 Å². The standard InChI is InChI=1S/C10H13NO3/c1-7(9(11)6-10(12)13)5-8-3-2-4-14-8/h2-5,9H,6,11H2,1H3,(H,12,13)/b7-5+. The van der Waals surface area contributed by atoms with Crippen molar-refractivity contribution in [3.63, 3.8) is 0 Å². The second-order valence-corrected chi connectivity index (χ2v) is 3.11. The number of carboxylic acid groups (broad SMARTS) is 1. The number of hydrogen-bond acceptors (Lipinski definition) is 3. The summed E-state index contributed by atoms with van der Waals surface area (Å²) in [6, 6.07) is 3.09. The number of furan rings is 1. The molecule has 0 aromatic carbocycles. The topological polar surface area (TPSA) is 76.5 Å². The zero-order valence-corrected chi connectivity index (χ0v) is 7.93. The summed E-state index contributed by atoms with van der Waals surface area (Å²) in [7, 11) is 0. The minimum Gasteiger partial charge on any atom is -0.481 e. The quantitative estimate of drug-likeness (QED) is 0.763. The summed E-state index contributed by atoms with van der Waals surface area (Å²) in [6.07, 6.45) is 3.23. The molecule has 0 aliphatic rings. The Kier molecular flexibility index (Phi) is 3.48. The summed E-state index contributed by atoms with van der Waals surface area (Å²) >= 11 is 0. The number of hydrogen-bond donors (Lipinski definition) is 2. The number of carboxylic acids is 1. The number of carbonyl (C=O) groups is 1. The summed E-state index contributed by atoms with van der Waals surface area (Å²) in [5, 5.41) is 8.53. The second kappa shape index (κ2) is 4.62. The molecule has 14 heavy (non-hydrogen) atoms. The third kappa shape index (κ3) is 3.06. The molecule has 0 spiro atoms. The molecule has 1 unspecified atom stereocenters. The maximum absolute atomic E-state index is 10.4. The van der Waals surface area contributed by atoms with Crippen LogP contribution < -0.4 is 5.73 Å². The predicted molar refractivity (Wildman–Crippen MR) is 52.6 cm³/mol. The van der Waals surface area contributed by atoms with Crippen molar-refractivity contribution in [2.75, 3.05) is 0 Å². The van der Waals surface area contributed by atoms with Crippen LogP contribution in [0.25, 0.3) is 6.08 Å². The highest BCUT2D eigenvalue weighted by Crippen LogP contribution is 2.10. The lowest BCUT2D eigenvalue weighted by Crippen LogP contribution is -2.24. The average molecular weight is 195 g/mol. The molecule has 1 rings (SSSR count). The fourth-order valence-corrected chi connectivity index (χ4v) is 1.05. The van der Waals surface area contributed by atoms with Gasteiger partial charge in [0.2, 0.25) is 0 Å². The fourth-order valence-electron chi connectivity index (χ4n) is 1.05. The molecule has 1 atom stereocenters. The normalized spacial score (nSPS) is 14.0. The first-order valence-corrected chi connectivity index (χ1v) is 4.28. The van der Waals surface area contributed by atoms with E-state index < -0.39 is 12.0 Å². The number of nitrogens with two attached hydrogens (primary N) is 1. The summed E-state index contributed by atoms with van der Waals surface area (Å²) in [4.78, 5) is 10.4. The summed E-state index contributed by atoms with van der Waals surface area (Å²) in [6.45, 7) is 1.79. The van der Waals surface area contributed by atoms with Gasteiger partial charge < -0.3 is 15.3 Å². The highest BCUT2D eigenvalue weighted by atomic mass is 16.4. The molecule has 0 bridgehead atoms. The van der Waals surface area contributed by atoms with Crippen LogP contribution in [0.1, 0.15) is 19.1 Å². The lowest BCUT2D eigenvalue weighted by atomic mass is 10.1. The van der Waals surface area contributed by atoms with Gasteiger partial charge in [-0.25, -0.2) is 0 Å². The van der Waals surface area contributed by atoms with Gasteiger partial charge in [-0.3, -0.25) is 4.79 Å². The molecule has 0 aliphatic carbocycles. The van der Waals surface area contributed by atoms with Gasteiger partial charge >= 0.3 is 5.97 Å². The molecule has 0 radical (unpaired) electrons. The summed E-state index contributed by atoms with van der Waals surface area (Å²) in [5.74, 6) is -0.215. The highest BCUT2D eigenvalue weighted by molar-refractivity contribution is 5.68. The Morgan fingerprint density at radius 1 is 1.79 bits per heavy atom. The van der Waals surface area contributed by atoms with Gasteiger partial charge in [0.05, 0.1) is 12.7 Å². The van der Waals surface area contributed by atoms with Crippen LogP contribution in [-0.2, 0) is 4.79 Å². The molecule has 1 aromatic rings. The van der Waals surface area contributed by atoms with Gasteiger partial charge in [0.1, 0.15) is 5.76 Å². The molecule has 4 heteroatoms. The zero-order chi connectivity index (χ0) is 10.6. The van der Waals surface area contributed by atoms with E-state index in [0.717, 1.165) is 5.57 Å². The van der Waals surface area contributed by atoms with Crippen molar-refractivity contribution in [2.45, 2.75) is 19.4 Å². The molecule has 76 valence electrons. The van der Waals surface area contributed by atoms with E-state index in [1.54, 1.807) is 31.4 Å². The third-order valence-electron chi connectivity index (χ3n) is 1.89. The van der Waals surface area contributed by atoms with Crippen molar-refractivity contribution in [1.29, 1.82) is 0 Å². The van der Waals surface area contributed by atoms with Crippen LogP contribution in [0.15, 0.2) is 28.4 Å². The number of aliphatic carboxylic acids is 1. The first-order chi connectivity index (χ1) is 6.59. The summed E-state index contributed by atoms with van der Waals surface area (Å²) in [5.41, 5.74) is 6.44. The first kappa shape index (κ1) is 10.5. The number of rotatable bonds is 4. The molecule has 0 fully saturated rings. The van der Waals surface area contributed by atoms with Crippen LogP contribution >= 0.6 is 0 Å². The molecular weight excluding hydrogens is 182 g/mol.